The monoisotopic (exact) mass is 425 g/mol. The number of carbonyl (C=O) groups is 1. The van der Waals surface area contributed by atoms with Crippen LogP contribution in [0.3, 0.4) is 0 Å². The molecule has 1 aliphatic carbocycles. The Bertz CT molecular complexity index is 858. The second-order valence-corrected chi connectivity index (χ2v) is 9.43. The van der Waals surface area contributed by atoms with E-state index in [2.05, 4.69) is 33.3 Å². The van der Waals surface area contributed by atoms with Crippen molar-refractivity contribution in [3.8, 4) is 0 Å². The maximum absolute atomic E-state index is 12.3. The number of hydrogen-bond donors (Lipinski definition) is 1. The van der Waals surface area contributed by atoms with Gasteiger partial charge in [-0.15, -0.1) is 0 Å². The summed E-state index contributed by atoms with van der Waals surface area (Å²) < 4.78 is 27.2. The Labute approximate surface area is 155 Å². The van der Waals surface area contributed by atoms with Gasteiger partial charge < -0.3 is 5.32 Å². The molecule has 2 aromatic rings. The van der Waals surface area contributed by atoms with E-state index in [1.54, 1.807) is 41.2 Å². The maximum Gasteiger partial charge on any atom is 0.240 e. The third-order valence-electron chi connectivity index (χ3n) is 4.28. The van der Waals surface area contributed by atoms with Crippen LogP contribution < -0.4 is 5.32 Å². The van der Waals surface area contributed by atoms with E-state index in [9.17, 15) is 13.2 Å². The highest BCUT2D eigenvalue weighted by molar-refractivity contribution is 9.10. The summed E-state index contributed by atoms with van der Waals surface area (Å²) in [5.41, 5.74) is 0.656. The van der Waals surface area contributed by atoms with Crippen LogP contribution in [0.4, 0.5) is 5.82 Å². The Morgan fingerprint density at radius 1 is 1.32 bits per heavy atom. The summed E-state index contributed by atoms with van der Waals surface area (Å²) in [5.74, 6) is -0.126. The molecule has 1 saturated carbocycles. The first-order valence-corrected chi connectivity index (χ1v) is 10.7. The maximum atomic E-state index is 12.3. The average Bonchev–Trinajstić information content (AvgIpc) is 3.28. The average molecular weight is 426 g/mol. The van der Waals surface area contributed by atoms with Crippen molar-refractivity contribution in [2.45, 2.75) is 31.6 Å². The highest BCUT2D eigenvalue weighted by atomic mass is 79.9. The Kier molecular flexibility index (Phi) is 5.29. The number of carbonyl (C=O) groups excluding carboxylic acids is 1. The van der Waals surface area contributed by atoms with Crippen molar-refractivity contribution < 1.29 is 13.2 Å². The Morgan fingerprint density at radius 2 is 2.00 bits per heavy atom. The largest absolute Gasteiger partial charge is 0.310 e. The fraction of sp³-hybridized carbons (Fsp3) is 0.412. The molecule has 1 heterocycles. The van der Waals surface area contributed by atoms with Crippen molar-refractivity contribution in [1.29, 1.82) is 0 Å². The van der Waals surface area contributed by atoms with E-state index in [1.165, 1.54) is 0 Å². The van der Waals surface area contributed by atoms with Gasteiger partial charge in [-0.25, -0.2) is 13.1 Å². The van der Waals surface area contributed by atoms with Crippen LogP contribution in [0.1, 0.15) is 31.4 Å². The normalized spacial score (nSPS) is 15.8. The predicted octanol–water partition coefficient (Wildman–Crippen LogP) is 3.17. The lowest BCUT2D eigenvalue weighted by atomic mass is 10.2. The first-order chi connectivity index (χ1) is 11.8. The Hall–Kier alpha value is -1.67. The molecule has 6 nitrogen and oxygen atoms in total. The molecule has 0 radical (unpaired) electrons. The zero-order valence-corrected chi connectivity index (χ0v) is 16.3. The quantitative estimate of drug-likeness (QED) is 0.738. The molecule has 0 saturated heterocycles. The molecule has 1 amide bonds. The summed E-state index contributed by atoms with van der Waals surface area (Å²) in [6.07, 6.45) is 3.94. The number of sulfone groups is 1. The third kappa shape index (κ3) is 4.92. The second kappa shape index (κ2) is 7.29. The highest BCUT2D eigenvalue weighted by Crippen LogP contribution is 2.40. The molecule has 1 unspecified atom stereocenters. The van der Waals surface area contributed by atoms with Gasteiger partial charge in [-0.2, -0.15) is 5.10 Å². The van der Waals surface area contributed by atoms with E-state index in [0.717, 1.165) is 17.3 Å². The standard InChI is InChI=1S/C17H20BrN3O3S/c1-12(14-4-5-14)21-16(8-9-19-21)20-17(22)11-25(23,24)10-13-2-6-15(18)7-3-13/h2-3,6-9,12,14H,4-5,10-11H2,1H3,(H,20,22). The summed E-state index contributed by atoms with van der Waals surface area (Å²) in [7, 11) is -3.54. The molecule has 0 aliphatic heterocycles. The summed E-state index contributed by atoms with van der Waals surface area (Å²) in [6, 6.07) is 8.91. The van der Waals surface area contributed by atoms with E-state index in [1.807, 2.05) is 0 Å². The van der Waals surface area contributed by atoms with E-state index in [0.29, 0.717) is 17.3 Å². The van der Waals surface area contributed by atoms with Crippen LogP contribution in [0.2, 0.25) is 0 Å². The van der Waals surface area contributed by atoms with Crippen molar-refractivity contribution >= 4 is 37.5 Å². The fourth-order valence-electron chi connectivity index (χ4n) is 2.78. The van der Waals surface area contributed by atoms with Gasteiger partial charge >= 0.3 is 0 Å². The minimum Gasteiger partial charge on any atom is -0.310 e. The summed E-state index contributed by atoms with van der Waals surface area (Å²) in [4.78, 5) is 12.2. The third-order valence-corrected chi connectivity index (χ3v) is 6.28. The molecule has 1 atom stereocenters. The van der Waals surface area contributed by atoms with E-state index in [4.69, 9.17) is 0 Å². The van der Waals surface area contributed by atoms with Crippen LogP contribution in [-0.4, -0.2) is 29.9 Å². The number of halogens is 1. The number of aromatic nitrogens is 2. The van der Waals surface area contributed by atoms with E-state index in [-0.39, 0.29) is 11.8 Å². The number of rotatable bonds is 7. The SMILES string of the molecule is CC(C1CC1)n1nccc1NC(=O)CS(=O)(=O)Cc1ccc(Br)cc1. The lowest BCUT2D eigenvalue weighted by Crippen LogP contribution is -2.26. The topological polar surface area (TPSA) is 81.1 Å². The van der Waals surface area contributed by atoms with E-state index >= 15 is 0 Å². The summed E-state index contributed by atoms with van der Waals surface area (Å²) in [5, 5.41) is 6.93. The zero-order chi connectivity index (χ0) is 18.0. The number of hydrogen-bond acceptors (Lipinski definition) is 4. The van der Waals surface area contributed by atoms with Crippen LogP contribution in [0.15, 0.2) is 41.0 Å². The minimum absolute atomic E-state index is 0.161. The van der Waals surface area contributed by atoms with Crippen LogP contribution in [0.25, 0.3) is 0 Å². The predicted molar refractivity (Wildman–Crippen MR) is 99.9 cm³/mol. The first kappa shape index (κ1) is 18.1. The molecule has 0 spiro atoms. The Morgan fingerprint density at radius 3 is 2.64 bits per heavy atom. The van der Waals surface area contributed by atoms with Crippen molar-refractivity contribution in [3.63, 3.8) is 0 Å². The Balaban J connectivity index is 1.62. The molecule has 8 heteroatoms. The van der Waals surface area contributed by atoms with Gasteiger partial charge in [0, 0.05) is 10.5 Å². The van der Waals surface area contributed by atoms with E-state index < -0.39 is 21.5 Å². The van der Waals surface area contributed by atoms with Gasteiger partial charge in [0.15, 0.2) is 9.84 Å². The van der Waals surface area contributed by atoms with Crippen LogP contribution in [0, 0.1) is 5.92 Å². The van der Waals surface area contributed by atoms with Crippen LogP contribution in [0.5, 0.6) is 0 Å². The number of anilines is 1. The number of benzene rings is 1. The van der Waals surface area contributed by atoms with Gasteiger partial charge in [-0.05, 0) is 43.4 Å². The number of nitrogens with zero attached hydrogens (tertiary/aromatic N) is 2. The summed E-state index contributed by atoms with van der Waals surface area (Å²) >= 11 is 3.31. The highest BCUT2D eigenvalue weighted by Gasteiger charge is 2.31. The summed E-state index contributed by atoms with van der Waals surface area (Å²) in [6.45, 7) is 2.06. The van der Waals surface area contributed by atoms with Crippen molar-refractivity contribution in [3.05, 3.63) is 46.6 Å². The molecule has 1 aliphatic rings. The molecule has 0 bridgehead atoms. The van der Waals surface area contributed by atoms with Gasteiger partial charge in [-0.1, -0.05) is 28.1 Å². The smallest absolute Gasteiger partial charge is 0.240 e. The van der Waals surface area contributed by atoms with Crippen molar-refractivity contribution in [1.82, 2.24) is 9.78 Å². The van der Waals surface area contributed by atoms with Crippen molar-refractivity contribution in [2.24, 2.45) is 5.92 Å². The van der Waals surface area contributed by atoms with Crippen molar-refractivity contribution in [2.75, 3.05) is 11.1 Å². The van der Waals surface area contributed by atoms with Crippen LogP contribution in [-0.2, 0) is 20.4 Å². The number of amides is 1. The lowest BCUT2D eigenvalue weighted by molar-refractivity contribution is -0.113. The fourth-order valence-corrected chi connectivity index (χ4v) is 4.32. The van der Waals surface area contributed by atoms with Crippen LogP contribution >= 0.6 is 15.9 Å². The molecule has 3 rings (SSSR count). The molecule has 25 heavy (non-hydrogen) atoms. The van der Waals surface area contributed by atoms with Gasteiger partial charge in [0.25, 0.3) is 0 Å². The lowest BCUT2D eigenvalue weighted by Gasteiger charge is -2.15. The van der Waals surface area contributed by atoms with Gasteiger partial charge in [-0.3, -0.25) is 4.79 Å². The zero-order valence-electron chi connectivity index (χ0n) is 13.9. The molecule has 1 aromatic heterocycles. The van der Waals surface area contributed by atoms with Gasteiger partial charge in [0.1, 0.15) is 11.6 Å². The van der Waals surface area contributed by atoms with Gasteiger partial charge in [0.05, 0.1) is 18.0 Å². The molecular weight excluding hydrogens is 406 g/mol. The minimum atomic E-state index is -3.54. The second-order valence-electron chi connectivity index (χ2n) is 6.45. The molecule has 1 aromatic carbocycles. The molecular formula is C17H20BrN3O3S. The molecule has 134 valence electrons. The number of nitrogens with one attached hydrogen (secondary N) is 1. The molecule has 1 N–H and O–H groups in total. The van der Waals surface area contributed by atoms with Gasteiger partial charge in [0.2, 0.25) is 5.91 Å². The first-order valence-electron chi connectivity index (χ1n) is 8.12. The molecule has 1 fully saturated rings.